The zero-order chi connectivity index (χ0) is 20.9. The van der Waals surface area contributed by atoms with E-state index in [1.165, 1.54) is 23.7 Å². The second-order valence-electron chi connectivity index (χ2n) is 6.41. The topological polar surface area (TPSA) is 108 Å². The third kappa shape index (κ3) is 5.12. The van der Waals surface area contributed by atoms with Gasteiger partial charge in [-0.2, -0.15) is 0 Å². The van der Waals surface area contributed by atoms with Gasteiger partial charge in [0.1, 0.15) is 0 Å². The molecule has 0 spiro atoms. The molecule has 9 heteroatoms. The smallest absolute Gasteiger partial charge is 0.419 e. The molecule has 1 aromatic heterocycles. The van der Waals surface area contributed by atoms with E-state index in [-0.39, 0.29) is 23.9 Å². The number of para-hydroxylation sites is 2. The van der Waals surface area contributed by atoms with Crippen LogP contribution in [-0.2, 0) is 32.5 Å². The fourth-order valence-electron chi connectivity index (χ4n) is 2.91. The molecule has 0 bridgehead atoms. The first-order chi connectivity index (χ1) is 13.9. The van der Waals surface area contributed by atoms with Crippen molar-refractivity contribution in [1.29, 1.82) is 0 Å². The number of nitrogens with zero attached hydrogens (tertiary/aromatic N) is 1. The lowest BCUT2D eigenvalue weighted by Crippen LogP contribution is -2.18. The van der Waals surface area contributed by atoms with Gasteiger partial charge in [0.05, 0.1) is 17.0 Å². The Kier molecular flexibility index (Phi) is 6.50. The van der Waals surface area contributed by atoms with Gasteiger partial charge in [0.15, 0.2) is 5.58 Å². The molecule has 3 rings (SSSR count). The van der Waals surface area contributed by atoms with Crippen LogP contribution in [0.5, 0.6) is 0 Å². The molecular weight excluding hydrogens is 396 g/mol. The van der Waals surface area contributed by atoms with Crippen LogP contribution in [0, 0.1) is 0 Å². The minimum atomic E-state index is -3.47. The summed E-state index contributed by atoms with van der Waals surface area (Å²) in [6.45, 7) is 0.592. The minimum absolute atomic E-state index is 0.174. The number of ether oxygens (including phenoxy) is 1. The number of aryl methyl sites for hydroxylation is 2. The summed E-state index contributed by atoms with van der Waals surface area (Å²) in [6.07, 6.45) is 1.13. The summed E-state index contributed by atoms with van der Waals surface area (Å²) in [5, 5.41) is 0. The Balaban J connectivity index is 1.43. The average molecular weight is 418 g/mol. The van der Waals surface area contributed by atoms with Crippen LogP contribution >= 0.6 is 0 Å². The molecule has 0 fully saturated rings. The first kappa shape index (κ1) is 20.8. The van der Waals surface area contributed by atoms with Gasteiger partial charge >= 0.3 is 11.7 Å². The first-order valence-corrected chi connectivity index (χ1v) is 10.7. The molecule has 0 saturated carbocycles. The van der Waals surface area contributed by atoms with E-state index in [0.29, 0.717) is 30.5 Å². The summed E-state index contributed by atoms with van der Waals surface area (Å²) in [7, 11) is -2.12. The average Bonchev–Trinajstić information content (AvgIpc) is 3.05. The van der Waals surface area contributed by atoms with Crippen molar-refractivity contribution in [2.75, 3.05) is 13.7 Å². The van der Waals surface area contributed by atoms with Crippen molar-refractivity contribution < 1.29 is 22.4 Å². The van der Waals surface area contributed by atoms with Crippen molar-refractivity contribution in [3.05, 3.63) is 64.6 Å². The fourth-order valence-corrected chi connectivity index (χ4v) is 3.64. The number of hydrogen-bond donors (Lipinski definition) is 1. The summed E-state index contributed by atoms with van der Waals surface area (Å²) in [4.78, 5) is 24.0. The van der Waals surface area contributed by atoms with Crippen LogP contribution in [0.15, 0.2) is 62.6 Å². The molecule has 0 aliphatic heterocycles. The molecule has 0 atom stereocenters. The summed E-state index contributed by atoms with van der Waals surface area (Å²) in [5.74, 6) is -0.775. The molecule has 1 heterocycles. The number of rotatable bonds is 9. The molecule has 2 aromatic carbocycles. The molecule has 0 aliphatic rings. The summed E-state index contributed by atoms with van der Waals surface area (Å²) in [6, 6.07) is 13.5. The molecule has 1 N–H and O–H groups in total. The van der Waals surface area contributed by atoms with Gasteiger partial charge in [0.2, 0.25) is 10.0 Å². The monoisotopic (exact) mass is 418 g/mol. The zero-order valence-electron chi connectivity index (χ0n) is 16.0. The molecule has 0 amide bonds. The number of fused-ring (bicyclic) bond motifs is 1. The Morgan fingerprint density at radius 1 is 1.14 bits per heavy atom. The quantitative estimate of drug-likeness (QED) is 0.421. The maximum absolute atomic E-state index is 11.9. The van der Waals surface area contributed by atoms with Gasteiger partial charge in [-0.3, -0.25) is 9.36 Å². The Morgan fingerprint density at radius 2 is 1.86 bits per heavy atom. The minimum Gasteiger partial charge on any atom is -0.466 e. The fraction of sp³-hybridized carbons (Fsp3) is 0.300. The Hall–Kier alpha value is -2.91. The van der Waals surface area contributed by atoms with Crippen molar-refractivity contribution in [3.63, 3.8) is 0 Å². The molecule has 0 unspecified atom stereocenters. The second kappa shape index (κ2) is 9.06. The highest BCUT2D eigenvalue weighted by molar-refractivity contribution is 7.89. The summed E-state index contributed by atoms with van der Waals surface area (Å²) >= 11 is 0. The lowest BCUT2D eigenvalue weighted by Gasteiger charge is -2.07. The van der Waals surface area contributed by atoms with Gasteiger partial charge in [0, 0.05) is 13.0 Å². The van der Waals surface area contributed by atoms with Gasteiger partial charge in [-0.15, -0.1) is 0 Å². The number of oxazole rings is 1. The zero-order valence-corrected chi connectivity index (χ0v) is 16.8. The highest BCUT2D eigenvalue weighted by atomic mass is 32.2. The number of sulfonamides is 1. The van der Waals surface area contributed by atoms with Crippen molar-refractivity contribution in [2.45, 2.75) is 30.7 Å². The summed E-state index contributed by atoms with van der Waals surface area (Å²) in [5.41, 5.74) is 2.09. The van der Waals surface area contributed by atoms with Gasteiger partial charge in [-0.25, -0.2) is 17.9 Å². The Bertz CT molecular complexity index is 1150. The second-order valence-corrected chi connectivity index (χ2v) is 8.30. The molecule has 8 nitrogen and oxygen atoms in total. The molecule has 0 saturated heterocycles. The standard InChI is InChI=1S/C20H22N2O6S/c1-21-29(25,26)16-10-7-15(8-11-16)9-12-19(23)27-14-4-13-22-17-5-2-3-6-18(17)28-20(22)24/h2-3,5-8,10-11,21H,4,9,12-14H2,1H3. The van der Waals surface area contributed by atoms with Crippen molar-refractivity contribution in [2.24, 2.45) is 0 Å². The molecule has 29 heavy (non-hydrogen) atoms. The van der Waals surface area contributed by atoms with Crippen molar-refractivity contribution in [3.8, 4) is 0 Å². The molecule has 0 radical (unpaired) electrons. The molecule has 3 aromatic rings. The van der Waals surface area contributed by atoms with Crippen LogP contribution in [0.1, 0.15) is 18.4 Å². The number of carbonyl (C=O) groups excluding carboxylic acids is 1. The number of carbonyl (C=O) groups is 1. The van der Waals surface area contributed by atoms with Crippen molar-refractivity contribution in [1.82, 2.24) is 9.29 Å². The molecule has 0 aliphatic carbocycles. The Morgan fingerprint density at radius 3 is 2.59 bits per heavy atom. The largest absolute Gasteiger partial charge is 0.466 e. The predicted molar refractivity (Wildman–Crippen MR) is 107 cm³/mol. The van der Waals surface area contributed by atoms with E-state index < -0.39 is 15.8 Å². The first-order valence-electron chi connectivity index (χ1n) is 9.17. The van der Waals surface area contributed by atoms with E-state index in [2.05, 4.69) is 4.72 Å². The van der Waals surface area contributed by atoms with Gasteiger partial charge < -0.3 is 9.15 Å². The Labute approximate surface area is 168 Å². The molecule has 154 valence electrons. The van der Waals surface area contributed by atoms with Gasteiger partial charge in [-0.1, -0.05) is 24.3 Å². The normalized spacial score (nSPS) is 11.6. The van der Waals surface area contributed by atoms with E-state index >= 15 is 0 Å². The highest BCUT2D eigenvalue weighted by Gasteiger charge is 2.11. The highest BCUT2D eigenvalue weighted by Crippen LogP contribution is 2.13. The van der Waals surface area contributed by atoms with Gasteiger partial charge in [0.25, 0.3) is 0 Å². The van der Waals surface area contributed by atoms with E-state index in [0.717, 1.165) is 5.56 Å². The predicted octanol–water partition coefficient (Wildman–Crippen LogP) is 2.07. The lowest BCUT2D eigenvalue weighted by molar-refractivity contribution is -0.143. The number of esters is 1. The van der Waals surface area contributed by atoms with E-state index in [1.54, 1.807) is 30.3 Å². The maximum Gasteiger partial charge on any atom is 0.419 e. The number of aromatic nitrogens is 1. The van der Waals surface area contributed by atoms with Crippen LogP contribution in [0.4, 0.5) is 0 Å². The van der Waals surface area contributed by atoms with E-state index in [9.17, 15) is 18.0 Å². The van der Waals surface area contributed by atoms with Gasteiger partial charge in [-0.05, 0) is 49.7 Å². The third-order valence-corrected chi connectivity index (χ3v) is 5.91. The van der Waals surface area contributed by atoms with Crippen LogP contribution in [0.2, 0.25) is 0 Å². The van der Waals surface area contributed by atoms with E-state index in [4.69, 9.17) is 9.15 Å². The van der Waals surface area contributed by atoms with Crippen molar-refractivity contribution >= 4 is 27.1 Å². The van der Waals surface area contributed by atoms with Crippen LogP contribution < -0.4 is 10.5 Å². The SMILES string of the molecule is CNS(=O)(=O)c1ccc(CCC(=O)OCCCn2c(=O)oc3ccccc32)cc1. The maximum atomic E-state index is 11.9. The lowest BCUT2D eigenvalue weighted by atomic mass is 10.1. The van der Waals surface area contributed by atoms with Crippen LogP contribution in [0.25, 0.3) is 11.1 Å². The number of benzene rings is 2. The third-order valence-electron chi connectivity index (χ3n) is 4.48. The van der Waals surface area contributed by atoms with Crippen LogP contribution in [-0.4, -0.2) is 32.6 Å². The molecular formula is C20H22N2O6S. The van der Waals surface area contributed by atoms with E-state index in [1.807, 2.05) is 6.07 Å². The summed E-state index contributed by atoms with van der Waals surface area (Å²) < 4.78 is 37.5. The number of hydrogen-bond acceptors (Lipinski definition) is 6. The number of nitrogens with one attached hydrogen (secondary N) is 1. The van der Waals surface area contributed by atoms with Crippen LogP contribution in [0.3, 0.4) is 0 Å².